The number of hydrogen-bond acceptors (Lipinski definition) is 3. The van der Waals surface area contributed by atoms with Gasteiger partial charge in [-0.25, -0.2) is 8.78 Å². The van der Waals surface area contributed by atoms with E-state index in [1.54, 1.807) is 0 Å². The van der Waals surface area contributed by atoms with Crippen molar-refractivity contribution in [1.82, 2.24) is 9.80 Å². The number of benzene rings is 1. The summed E-state index contributed by atoms with van der Waals surface area (Å²) in [6, 6.07) is 2.74. The van der Waals surface area contributed by atoms with E-state index in [1.807, 2.05) is 4.90 Å². The molecule has 0 bridgehead atoms. The number of carboxylic acid groups (broad SMARTS) is 1. The predicted octanol–water partition coefficient (Wildman–Crippen LogP) is 2.79. The molecular weight excluding hydrogens is 342 g/mol. The topological polar surface area (TPSA) is 60.9 Å². The first-order chi connectivity index (χ1) is 12.4. The normalized spacial score (nSPS) is 22.6. The largest absolute Gasteiger partial charge is 0.481 e. The van der Waals surface area contributed by atoms with E-state index in [2.05, 4.69) is 0 Å². The number of hydrogen-bond donors (Lipinski definition) is 1. The molecule has 1 aliphatic carbocycles. The zero-order chi connectivity index (χ0) is 18.7. The molecule has 0 aromatic heterocycles. The number of carboxylic acids is 1. The maximum atomic E-state index is 13.4. The van der Waals surface area contributed by atoms with Gasteiger partial charge in [0, 0.05) is 31.7 Å². The van der Waals surface area contributed by atoms with Crippen molar-refractivity contribution in [2.75, 3.05) is 13.1 Å². The quantitative estimate of drug-likeness (QED) is 0.871. The van der Waals surface area contributed by atoms with Crippen LogP contribution in [0.3, 0.4) is 0 Å². The van der Waals surface area contributed by atoms with Crippen LogP contribution in [0.2, 0.25) is 0 Å². The summed E-state index contributed by atoms with van der Waals surface area (Å²) >= 11 is 0. The van der Waals surface area contributed by atoms with Crippen LogP contribution in [0.1, 0.15) is 44.1 Å². The maximum absolute atomic E-state index is 13.4. The zero-order valence-electron chi connectivity index (χ0n) is 14.7. The van der Waals surface area contributed by atoms with Gasteiger partial charge in [0.25, 0.3) is 0 Å². The second-order valence-corrected chi connectivity index (χ2v) is 7.18. The lowest BCUT2D eigenvalue weighted by molar-refractivity contribution is -0.151. The van der Waals surface area contributed by atoms with Gasteiger partial charge in [-0.15, -0.1) is 0 Å². The van der Waals surface area contributed by atoms with Gasteiger partial charge in [-0.1, -0.05) is 19.3 Å². The van der Waals surface area contributed by atoms with Gasteiger partial charge in [0.05, 0.1) is 6.42 Å². The van der Waals surface area contributed by atoms with Crippen LogP contribution in [0.5, 0.6) is 0 Å². The summed E-state index contributed by atoms with van der Waals surface area (Å²) in [5.41, 5.74) is 0.371. The Balaban J connectivity index is 1.75. The number of carbonyl (C=O) groups excluding carboxylic acids is 1. The van der Waals surface area contributed by atoms with Crippen molar-refractivity contribution in [2.45, 2.75) is 57.2 Å². The molecule has 26 heavy (non-hydrogen) atoms. The van der Waals surface area contributed by atoms with E-state index in [1.165, 1.54) is 23.5 Å². The number of halogens is 2. The molecule has 1 aromatic rings. The van der Waals surface area contributed by atoms with Crippen LogP contribution in [-0.2, 0) is 16.1 Å². The Labute approximate surface area is 151 Å². The van der Waals surface area contributed by atoms with Gasteiger partial charge >= 0.3 is 5.97 Å². The Hall–Kier alpha value is -2.02. The van der Waals surface area contributed by atoms with E-state index in [0.29, 0.717) is 18.7 Å². The minimum absolute atomic E-state index is 0.0855. The summed E-state index contributed by atoms with van der Waals surface area (Å²) in [6.07, 6.45) is 5.10. The number of nitrogens with zero attached hydrogens (tertiary/aromatic N) is 2. The number of amides is 1. The molecule has 1 heterocycles. The van der Waals surface area contributed by atoms with Crippen LogP contribution in [0.15, 0.2) is 18.2 Å². The number of aliphatic carboxylic acids is 1. The molecule has 0 spiro atoms. The Morgan fingerprint density at radius 1 is 1.08 bits per heavy atom. The fourth-order valence-electron chi connectivity index (χ4n) is 4.15. The van der Waals surface area contributed by atoms with Crippen molar-refractivity contribution in [1.29, 1.82) is 0 Å². The highest BCUT2D eigenvalue weighted by atomic mass is 19.1. The lowest BCUT2D eigenvalue weighted by Crippen LogP contribution is -2.60. The fourth-order valence-corrected chi connectivity index (χ4v) is 4.15. The van der Waals surface area contributed by atoms with Crippen molar-refractivity contribution >= 4 is 11.9 Å². The first-order valence-corrected chi connectivity index (χ1v) is 9.15. The molecule has 5 nitrogen and oxygen atoms in total. The maximum Gasteiger partial charge on any atom is 0.305 e. The van der Waals surface area contributed by atoms with Crippen LogP contribution in [-0.4, -0.2) is 52.0 Å². The lowest BCUT2D eigenvalue weighted by Gasteiger charge is -2.45. The second-order valence-electron chi connectivity index (χ2n) is 7.18. The molecule has 1 aromatic carbocycles. The summed E-state index contributed by atoms with van der Waals surface area (Å²) in [5.74, 6) is -2.65. The molecule has 1 saturated heterocycles. The Bertz CT molecular complexity index is 656. The van der Waals surface area contributed by atoms with Crippen LogP contribution >= 0.6 is 0 Å². The van der Waals surface area contributed by atoms with Gasteiger partial charge in [-0.2, -0.15) is 0 Å². The summed E-state index contributed by atoms with van der Waals surface area (Å²) in [4.78, 5) is 27.8. The third-order valence-corrected chi connectivity index (χ3v) is 5.33. The zero-order valence-corrected chi connectivity index (χ0v) is 14.7. The van der Waals surface area contributed by atoms with E-state index in [9.17, 15) is 23.5 Å². The van der Waals surface area contributed by atoms with Gasteiger partial charge in [0.1, 0.15) is 17.7 Å². The van der Waals surface area contributed by atoms with Gasteiger partial charge in [0.15, 0.2) is 0 Å². The van der Waals surface area contributed by atoms with Crippen molar-refractivity contribution in [2.24, 2.45) is 0 Å². The minimum Gasteiger partial charge on any atom is -0.481 e. The standard InChI is InChI=1S/C19H24F2N2O3/c20-14-8-13(9-15(21)10-14)12-22-6-7-23(16-4-2-1-3-5-16)17(19(22)26)11-18(24)25/h8-10,16-17H,1-7,11-12H2,(H,24,25). The Morgan fingerprint density at radius 3 is 2.35 bits per heavy atom. The van der Waals surface area contributed by atoms with Crippen molar-refractivity contribution < 1.29 is 23.5 Å². The number of carbonyl (C=O) groups is 2. The van der Waals surface area contributed by atoms with E-state index in [0.717, 1.165) is 31.7 Å². The first kappa shape index (κ1) is 18.8. The molecule has 1 amide bonds. The van der Waals surface area contributed by atoms with Crippen molar-refractivity contribution in [3.63, 3.8) is 0 Å². The van der Waals surface area contributed by atoms with Crippen LogP contribution in [0, 0.1) is 11.6 Å². The van der Waals surface area contributed by atoms with Gasteiger partial charge in [-0.05, 0) is 30.5 Å². The van der Waals surface area contributed by atoms with E-state index in [-0.39, 0.29) is 24.9 Å². The monoisotopic (exact) mass is 366 g/mol. The fraction of sp³-hybridized carbons (Fsp3) is 0.579. The Kier molecular flexibility index (Phi) is 5.86. The van der Waals surface area contributed by atoms with Crippen molar-refractivity contribution in [3.8, 4) is 0 Å². The molecule has 7 heteroatoms. The van der Waals surface area contributed by atoms with Gasteiger partial charge < -0.3 is 10.0 Å². The van der Waals surface area contributed by atoms with Crippen molar-refractivity contribution in [3.05, 3.63) is 35.4 Å². The average molecular weight is 366 g/mol. The molecule has 2 fully saturated rings. The SMILES string of the molecule is O=C(O)CC1C(=O)N(Cc2cc(F)cc(F)c2)CCN1C1CCCCC1. The second kappa shape index (κ2) is 8.12. The van der Waals surface area contributed by atoms with Crippen LogP contribution in [0.25, 0.3) is 0 Å². The highest BCUT2D eigenvalue weighted by Crippen LogP contribution is 2.28. The van der Waals surface area contributed by atoms with Crippen LogP contribution in [0.4, 0.5) is 8.78 Å². The van der Waals surface area contributed by atoms with E-state index >= 15 is 0 Å². The molecule has 1 aliphatic heterocycles. The highest BCUT2D eigenvalue weighted by Gasteiger charge is 2.39. The molecule has 0 radical (unpaired) electrons. The predicted molar refractivity (Wildman–Crippen MR) is 91.4 cm³/mol. The summed E-state index contributed by atoms with van der Waals surface area (Å²) in [7, 11) is 0. The summed E-state index contributed by atoms with van der Waals surface area (Å²) in [6.45, 7) is 1.11. The third kappa shape index (κ3) is 4.38. The van der Waals surface area contributed by atoms with E-state index in [4.69, 9.17) is 0 Å². The third-order valence-electron chi connectivity index (χ3n) is 5.33. The first-order valence-electron chi connectivity index (χ1n) is 9.15. The minimum atomic E-state index is -1.01. The molecule has 142 valence electrons. The molecule has 1 saturated carbocycles. The smallest absolute Gasteiger partial charge is 0.305 e. The van der Waals surface area contributed by atoms with Gasteiger partial charge in [0.2, 0.25) is 5.91 Å². The average Bonchev–Trinajstić information content (AvgIpc) is 2.58. The molecule has 1 N–H and O–H groups in total. The summed E-state index contributed by atoms with van der Waals surface area (Å²) in [5, 5.41) is 9.25. The molecular formula is C19H24F2N2O3. The number of piperazine rings is 1. The highest BCUT2D eigenvalue weighted by molar-refractivity contribution is 5.87. The van der Waals surface area contributed by atoms with Gasteiger partial charge in [-0.3, -0.25) is 14.5 Å². The molecule has 2 aliphatic rings. The lowest BCUT2D eigenvalue weighted by atomic mass is 9.91. The molecule has 1 unspecified atom stereocenters. The number of rotatable bonds is 5. The van der Waals surface area contributed by atoms with Crippen LogP contribution < -0.4 is 0 Å². The van der Waals surface area contributed by atoms with E-state index < -0.39 is 23.6 Å². The summed E-state index contributed by atoms with van der Waals surface area (Å²) < 4.78 is 26.8. The molecule has 1 atom stereocenters. The molecule has 3 rings (SSSR count). The Morgan fingerprint density at radius 2 is 1.73 bits per heavy atom.